The summed E-state index contributed by atoms with van der Waals surface area (Å²) in [6.45, 7) is 0. The molecule has 0 aliphatic rings. The molecule has 0 spiro atoms. The quantitative estimate of drug-likeness (QED) is 0.469. The van der Waals surface area contributed by atoms with E-state index in [1.807, 2.05) is 41.1 Å². The third-order valence-corrected chi connectivity index (χ3v) is 3.86. The topological polar surface area (TPSA) is 39.9 Å². The van der Waals surface area contributed by atoms with Crippen molar-refractivity contribution in [2.45, 2.75) is 13.8 Å². The molecule has 7 heteroatoms. The molecule has 0 bridgehead atoms. The van der Waals surface area contributed by atoms with E-state index in [2.05, 4.69) is 14.7 Å². The molecule has 0 saturated heterocycles. The second-order valence-electron chi connectivity index (χ2n) is 5.62. The molecular formula is C20H16F3N3O. The second kappa shape index (κ2) is 7.11. The number of halogens is 3. The van der Waals surface area contributed by atoms with Crippen molar-refractivity contribution >= 4 is 10.9 Å². The van der Waals surface area contributed by atoms with Gasteiger partial charge in [0, 0.05) is 29.0 Å². The molecule has 0 aliphatic heterocycles. The lowest BCUT2D eigenvalue weighted by Gasteiger charge is -2.09. The Bertz CT molecular complexity index is 1040. The SMILES string of the molecule is C.FC(F)(F)Oc1ccc(-c2ccc3cc(-n4ccnc4)ccc3n2)cc1. The monoisotopic (exact) mass is 371 g/mol. The van der Waals surface area contributed by atoms with Crippen molar-refractivity contribution in [1.29, 1.82) is 0 Å². The van der Waals surface area contributed by atoms with Gasteiger partial charge in [-0.25, -0.2) is 9.97 Å². The van der Waals surface area contributed by atoms with Gasteiger partial charge in [-0.3, -0.25) is 0 Å². The van der Waals surface area contributed by atoms with Crippen LogP contribution in [-0.2, 0) is 0 Å². The molecule has 0 radical (unpaired) electrons. The van der Waals surface area contributed by atoms with Gasteiger partial charge in [0.15, 0.2) is 0 Å². The molecule has 4 nitrogen and oxygen atoms in total. The van der Waals surface area contributed by atoms with E-state index in [-0.39, 0.29) is 13.2 Å². The van der Waals surface area contributed by atoms with E-state index in [4.69, 9.17) is 0 Å². The van der Waals surface area contributed by atoms with Crippen LogP contribution in [0.25, 0.3) is 27.8 Å². The highest BCUT2D eigenvalue weighted by atomic mass is 19.4. The Hall–Kier alpha value is -3.35. The molecule has 0 N–H and O–H groups in total. The number of imidazole rings is 1. The third-order valence-electron chi connectivity index (χ3n) is 3.86. The smallest absolute Gasteiger partial charge is 0.406 e. The van der Waals surface area contributed by atoms with Crippen molar-refractivity contribution in [2.24, 2.45) is 0 Å². The first kappa shape index (κ1) is 18.4. The molecule has 2 heterocycles. The number of ether oxygens (including phenoxy) is 1. The fourth-order valence-electron chi connectivity index (χ4n) is 2.67. The van der Waals surface area contributed by atoms with E-state index in [0.29, 0.717) is 11.3 Å². The first-order chi connectivity index (χ1) is 12.5. The first-order valence-corrected chi connectivity index (χ1v) is 7.73. The summed E-state index contributed by atoms with van der Waals surface area (Å²) in [7, 11) is 0. The van der Waals surface area contributed by atoms with Crippen LogP contribution in [0, 0.1) is 0 Å². The summed E-state index contributed by atoms with van der Waals surface area (Å²) in [5.41, 5.74) is 3.15. The van der Waals surface area contributed by atoms with Gasteiger partial charge in [0.2, 0.25) is 0 Å². The predicted molar refractivity (Wildman–Crippen MR) is 97.7 cm³/mol. The third kappa shape index (κ3) is 4.08. The summed E-state index contributed by atoms with van der Waals surface area (Å²) in [6.07, 6.45) is 0.578. The Balaban J connectivity index is 0.00000210. The molecule has 27 heavy (non-hydrogen) atoms. The van der Waals surface area contributed by atoms with E-state index in [1.165, 1.54) is 12.1 Å². The van der Waals surface area contributed by atoms with Crippen LogP contribution < -0.4 is 4.74 Å². The van der Waals surface area contributed by atoms with Crippen LogP contribution in [0.1, 0.15) is 7.43 Å². The van der Waals surface area contributed by atoms with Crippen LogP contribution in [0.2, 0.25) is 0 Å². The maximum absolute atomic E-state index is 12.2. The number of alkyl halides is 3. The average molecular weight is 371 g/mol. The van der Waals surface area contributed by atoms with Crippen LogP contribution in [0.15, 0.2) is 73.3 Å². The molecule has 2 aromatic carbocycles. The molecule has 0 amide bonds. The Kier molecular flexibility index (Phi) is 4.85. The minimum absolute atomic E-state index is 0. The number of hydrogen-bond acceptors (Lipinski definition) is 3. The zero-order valence-electron chi connectivity index (χ0n) is 13.3. The van der Waals surface area contributed by atoms with Crippen LogP contribution >= 0.6 is 0 Å². The summed E-state index contributed by atoms with van der Waals surface area (Å²) in [5.74, 6) is -0.257. The average Bonchev–Trinajstić information content (AvgIpc) is 3.15. The van der Waals surface area contributed by atoms with Crippen molar-refractivity contribution in [2.75, 3.05) is 0 Å². The van der Waals surface area contributed by atoms with E-state index >= 15 is 0 Å². The number of nitrogens with zero attached hydrogens (tertiary/aromatic N) is 3. The van der Waals surface area contributed by atoms with E-state index in [0.717, 1.165) is 16.6 Å². The van der Waals surface area contributed by atoms with Gasteiger partial charge in [0.05, 0.1) is 17.5 Å². The van der Waals surface area contributed by atoms with E-state index in [1.54, 1.807) is 24.7 Å². The lowest BCUT2D eigenvalue weighted by molar-refractivity contribution is -0.274. The van der Waals surface area contributed by atoms with Crippen LogP contribution in [0.5, 0.6) is 5.75 Å². The summed E-state index contributed by atoms with van der Waals surface area (Å²) in [6, 6.07) is 15.2. The Morgan fingerprint density at radius 3 is 2.37 bits per heavy atom. The number of benzene rings is 2. The van der Waals surface area contributed by atoms with Crippen molar-refractivity contribution in [3.8, 4) is 22.7 Å². The van der Waals surface area contributed by atoms with Crippen molar-refractivity contribution in [1.82, 2.24) is 14.5 Å². The van der Waals surface area contributed by atoms with Gasteiger partial charge in [0.25, 0.3) is 0 Å². The summed E-state index contributed by atoms with van der Waals surface area (Å²) in [5, 5.41) is 0.956. The number of hydrogen-bond donors (Lipinski definition) is 0. The highest BCUT2D eigenvalue weighted by Gasteiger charge is 2.30. The van der Waals surface area contributed by atoms with Crippen molar-refractivity contribution in [3.63, 3.8) is 0 Å². The predicted octanol–water partition coefficient (Wildman–Crippen LogP) is 5.62. The molecule has 4 aromatic rings. The van der Waals surface area contributed by atoms with Crippen LogP contribution in [0.3, 0.4) is 0 Å². The van der Waals surface area contributed by atoms with Gasteiger partial charge >= 0.3 is 6.36 Å². The fraction of sp³-hybridized carbons (Fsp3) is 0.100. The molecule has 0 fully saturated rings. The lowest BCUT2D eigenvalue weighted by atomic mass is 10.1. The minimum Gasteiger partial charge on any atom is -0.406 e. The number of rotatable bonds is 3. The molecule has 0 atom stereocenters. The van der Waals surface area contributed by atoms with E-state index in [9.17, 15) is 13.2 Å². The number of fused-ring (bicyclic) bond motifs is 1. The zero-order valence-corrected chi connectivity index (χ0v) is 13.3. The largest absolute Gasteiger partial charge is 0.573 e. The van der Waals surface area contributed by atoms with Crippen molar-refractivity contribution in [3.05, 3.63) is 73.3 Å². The zero-order chi connectivity index (χ0) is 18.1. The maximum atomic E-state index is 12.2. The van der Waals surface area contributed by atoms with Gasteiger partial charge in [0.1, 0.15) is 5.75 Å². The van der Waals surface area contributed by atoms with E-state index < -0.39 is 6.36 Å². The summed E-state index contributed by atoms with van der Waals surface area (Å²) in [4.78, 5) is 8.61. The first-order valence-electron chi connectivity index (χ1n) is 7.73. The molecular weight excluding hydrogens is 355 g/mol. The molecule has 0 saturated carbocycles. The Morgan fingerprint density at radius 2 is 1.70 bits per heavy atom. The van der Waals surface area contributed by atoms with Crippen LogP contribution in [0.4, 0.5) is 13.2 Å². The fourth-order valence-corrected chi connectivity index (χ4v) is 2.67. The highest BCUT2D eigenvalue weighted by molar-refractivity contribution is 5.83. The van der Waals surface area contributed by atoms with Gasteiger partial charge in [-0.15, -0.1) is 13.2 Å². The van der Waals surface area contributed by atoms with Gasteiger partial charge in [-0.2, -0.15) is 0 Å². The van der Waals surface area contributed by atoms with Gasteiger partial charge in [-0.1, -0.05) is 13.5 Å². The second-order valence-corrected chi connectivity index (χ2v) is 5.62. The minimum atomic E-state index is -4.70. The molecule has 138 valence electrons. The highest BCUT2D eigenvalue weighted by Crippen LogP contribution is 2.27. The summed E-state index contributed by atoms with van der Waals surface area (Å²) >= 11 is 0. The molecule has 0 aliphatic carbocycles. The molecule has 0 unspecified atom stereocenters. The van der Waals surface area contributed by atoms with Gasteiger partial charge in [-0.05, 0) is 48.5 Å². The molecule has 2 aromatic heterocycles. The van der Waals surface area contributed by atoms with Crippen LogP contribution in [-0.4, -0.2) is 20.9 Å². The maximum Gasteiger partial charge on any atom is 0.573 e. The standard InChI is InChI=1S/C19H12F3N3O.CH4/c20-19(21,22)26-16-5-1-13(2-6-16)17-7-3-14-11-15(4-8-18(14)24-17)25-10-9-23-12-25;/h1-12H;1H4. The number of pyridine rings is 1. The Morgan fingerprint density at radius 1 is 0.926 bits per heavy atom. The number of aromatic nitrogens is 3. The van der Waals surface area contributed by atoms with Crippen molar-refractivity contribution < 1.29 is 17.9 Å². The lowest BCUT2D eigenvalue weighted by Crippen LogP contribution is -2.16. The Labute approximate surface area is 153 Å². The van der Waals surface area contributed by atoms with Gasteiger partial charge < -0.3 is 9.30 Å². The molecule has 4 rings (SSSR count). The normalized spacial score (nSPS) is 11.2. The summed E-state index contributed by atoms with van der Waals surface area (Å²) < 4.78 is 42.5.